The number of likely N-dealkylation sites (N-methyl/N-ethyl adjacent to an activating group) is 1. The number of ether oxygens (including phenoxy) is 1. The predicted octanol–water partition coefficient (Wildman–Crippen LogP) is 3.32. The summed E-state index contributed by atoms with van der Waals surface area (Å²) in [6.07, 6.45) is 2.81. The third kappa shape index (κ3) is 5.04. The molecule has 0 N–H and O–H groups in total. The van der Waals surface area contributed by atoms with Crippen LogP contribution >= 0.6 is 11.6 Å². The van der Waals surface area contributed by atoms with E-state index in [1.54, 1.807) is 53.2 Å². The van der Waals surface area contributed by atoms with Crippen molar-refractivity contribution in [2.75, 3.05) is 33.3 Å². The van der Waals surface area contributed by atoms with Crippen LogP contribution in [0.5, 0.6) is 5.75 Å². The van der Waals surface area contributed by atoms with E-state index in [1.165, 1.54) is 6.26 Å². The minimum Gasteiger partial charge on any atom is -0.492 e. The molecule has 6 nitrogen and oxygen atoms in total. The zero-order valence-corrected chi connectivity index (χ0v) is 16.0. The van der Waals surface area contributed by atoms with Gasteiger partial charge in [-0.1, -0.05) is 11.6 Å². The summed E-state index contributed by atoms with van der Waals surface area (Å²) in [5.74, 6) is 0.989. The Morgan fingerprint density at radius 1 is 1.22 bits per heavy atom. The highest BCUT2D eigenvalue weighted by atomic mass is 35.5. The van der Waals surface area contributed by atoms with Gasteiger partial charge in [-0.3, -0.25) is 9.59 Å². The van der Waals surface area contributed by atoms with Crippen LogP contribution in [0.15, 0.2) is 47.1 Å². The van der Waals surface area contributed by atoms with Crippen molar-refractivity contribution in [3.8, 4) is 5.75 Å². The minimum absolute atomic E-state index is 0.0637. The van der Waals surface area contributed by atoms with Gasteiger partial charge in [0.15, 0.2) is 5.76 Å². The molecule has 27 heavy (non-hydrogen) atoms. The Bertz CT molecular complexity index is 753. The van der Waals surface area contributed by atoms with Gasteiger partial charge >= 0.3 is 0 Å². The Hall–Kier alpha value is -2.47. The van der Waals surface area contributed by atoms with Gasteiger partial charge < -0.3 is 19.0 Å². The van der Waals surface area contributed by atoms with Crippen LogP contribution in [-0.2, 0) is 4.79 Å². The summed E-state index contributed by atoms with van der Waals surface area (Å²) in [5, 5.41) is 0.659. The molecule has 7 heteroatoms. The second-order valence-electron chi connectivity index (χ2n) is 6.61. The van der Waals surface area contributed by atoms with E-state index >= 15 is 0 Å². The highest BCUT2D eigenvalue weighted by Gasteiger charge is 2.30. The lowest BCUT2D eigenvalue weighted by molar-refractivity contribution is -0.135. The molecule has 1 aliphatic heterocycles. The molecule has 2 aromatic rings. The molecule has 0 aliphatic carbocycles. The number of rotatable bonds is 6. The third-order valence-electron chi connectivity index (χ3n) is 4.75. The van der Waals surface area contributed by atoms with E-state index in [1.807, 2.05) is 0 Å². The first-order valence-corrected chi connectivity index (χ1v) is 9.38. The van der Waals surface area contributed by atoms with Crippen LogP contribution in [0.2, 0.25) is 5.02 Å². The van der Waals surface area contributed by atoms with Crippen molar-refractivity contribution in [3.05, 3.63) is 53.4 Å². The molecule has 1 aliphatic rings. The molecule has 2 amide bonds. The summed E-state index contributed by atoms with van der Waals surface area (Å²) in [4.78, 5) is 28.3. The zero-order valence-electron chi connectivity index (χ0n) is 15.3. The molecule has 2 heterocycles. The molecular formula is C20H23ClN2O4. The molecule has 144 valence electrons. The van der Waals surface area contributed by atoms with E-state index in [9.17, 15) is 9.59 Å². The molecule has 1 saturated heterocycles. The van der Waals surface area contributed by atoms with Gasteiger partial charge in [0.1, 0.15) is 12.4 Å². The maximum Gasteiger partial charge on any atom is 0.289 e. The summed E-state index contributed by atoms with van der Waals surface area (Å²) in [5.41, 5.74) is 0. The van der Waals surface area contributed by atoms with Crippen molar-refractivity contribution >= 4 is 23.4 Å². The molecule has 0 atom stereocenters. The maximum absolute atomic E-state index is 12.6. The van der Waals surface area contributed by atoms with Gasteiger partial charge in [0, 0.05) is 31.1 Å². The Morgan fingerprint density at radius 3 is 2.56 bits per heavy atom. The molecule has 1 aromatic heterocycles. The second-order valence-corrected chi connectivity index (χ2v) is 7.04. The van der Waals surface area contributed by atoms with Crippen molar-refractivity contribution in [2.45, 2.75) is 12.8 Å². The van der Waals surface area contributed by atoms with Crippen LogP contribution in [0.3, 0.4) is 0 Å². The topological polar surface area (TPSA) is 63.0 Å². The number of piperidine rings is 1. The van der Waals surface area contributed by atoms with Gasteiger partial charge in [0.25, 0.3) is 5.91 Å². The average Bonchev–Trinajstić information content (AvgIpc) is 3.23. The van der Waals surface area contributed by atoms with Crippen LogP contribution in [0.25, 0.3) is 0 Å². The molecule has 0 saturated carbocycles. The number of hydrogen-bond acceptors (Lipinski definition) is 4. The van der Waals surface area contributed by atoms with E-state index in [0.29, 0.717) is 49.9 Å². The van der Waals surface area contributed by atoms with Gasteiger partial charge in [-0.05, 0) is 49.2 Å². The summed E-state index contributed by atoms with van der Waals surface area (Å²) >= 11 is 5.84. The SMILES string of the molecule is CN(CCOc1ccc(Cl)cc1)C(=O)C1CCN(C(=O)c2ccco2)CC1. The Labute approximate surface area is 163 Å². The summed E-state index contributed by atoms with van der Waals surface area (Å²) < 4.78 is 10.8. The number of halogens is 1. The highest BCUT2D eigenvalue weighted by Crippen LogP contribution is 2.21. The first-order valence-electron chi connectivity index (χ1n) is 9.00. The number of carbonyl (C=O) groups is 2. The lowest BCUT2D eigenvalue weighted by atomic mass is 9.95. The van der Waals surface area contributed by atoms with E-state index in [4.69, 9.17) is 20.8 Å². The molecular weight excluding hydrogens is 368 g/mol. The Morgan fingerprint density at radius 2 is 1.93 bits per heavy atom. The first kappa shape index (κ1) is 19.3. The third-order valence-corrected chi connectivity index (χ3v) is 5.00. The van der Waals surface area contributed by atoms with Gasteiger partial charge in [-0.2, -0.15) is 0 Å². The van der Waals surface area contributed by atoms with E-state index in [2.05, 4.69) is 0 Å². The van der Waals surface area contributed by atoms with E-state index < -0.39 is 0 Å². The number of furan rings is 1. The number of benzene rings is 1. The number of likely N-dealkylation sites (tertiary alicyclic amines) is 1. The molecule has 1 fully saturated rings. The van der Waals surface area contributed by atoms with Crippen LogP contribution in [0, 0.1) is 5.92 Å². The number of nitrogens with zero attached hydrogens (tertiary/aromatic N) is 2. The molecule has 1 aromatic carbocycles. The lowest BCUT2D eigenvalue weighted by Crippen LogP contribution is -2.44. The van der Waals surface area contributed by atoms with Crippen LogP contribution in [0.1, 0.15) is 23.4 Å². The van der Waals surface area contributed by atoms with E-state index in [0.717, 1.165) is 5.75 Å². The number of hydrogen-bond donors (Lipinski definition) is 0. The molecule has 0 unspecified atom stereocenters. The predicted molar refractivity (Wildman–Crippen MR) is 102 cm³/mol. The average molecular weight is 391 g/mol. The van der Waals surface area contributed by atoms with Crippen molar-refractivity contribution < 1.29 is 18.7 Å². The normalized spacial score (nSPS) is 14.8. The van der Waals surface area contributed by atoms with Gasteiger partial charge in [-0.25, -0.2) is 0 Å². The summed E-state index contributed by atoms with van der Waals surface area (Å²) in [6.45, 7) is 2.04. The Kier molecular flexibility index (Phi) is 6.40. The lowest BCUT2D eigenvalue weighted by Gasteiger charge is -2.32. The van der Waals surface area contributed by atoms with Crippen LogP contribution in [0.4, 0.5) is 0 Å². The van der Waals surface area contributed by atoms with Crippen molar-refractivity contribution in [1.82, 2.24) is 9.80 Å². The smallest absolute Gasteiger partial charge is 0.289 e. The molecule has 3 rings (SSSR count). The van der Waals surface area contributed by atoms with E-state index in [-0.39, 0.29) is 17.7 Å². The van der Waals surface area contributed by atoms with Gasteiger partial charge in [0.2, 0.25) is 5.91 Å². The standard InChI is InChI=1S/C20H23ClN2O4/c1-22(12-14-26-17-6-4-16(21)5-7-17)19(24)15-8-10-23(11-9-15)20(25)18-3-2-13-27-18/h2-7,13,15H,8-12,14H2,1H3. The van der Waals surface area contributed by atoms with Gasteiger partial charge in [0.05, 0.1) is 12.8 Å². The largest absolute Gasteiger partial charge is 0.492 e. The summed E-state index contributed by atoms with van der Waals surface area (Å²) in [6, 6.07) is 10.5. The van der Waals surface area contributed by atoms with Crippen molar-refractivity contribution in [2.24, 2.45) is 5.92 Å². The fourth-order valence-electron chi connectivity index (χ4n) is 3.14. The van der Waals surface area contributed by atoms with Gasteiger partial charge in [-0.15, -0.1) is 0 Å². The van der Waals surface area contributed by atoms with Crippen molar-refractivity contribution in [1.29, 1.82) is 0 Å². The molecule has 0 spiro atoms. The number of carbonyl (C=O) groups excluding carboxylic acids is 2. The minimum atomic E-state index is -0.115. The fourth-order valence-corrected chi connectivity index (χ4v) is 3.26. The second kappa shape index (κ2) is 8.95. The monoisotopic (exact) mass is 390 g/mol. The Balaban J connectivity index is 1.41. The fraction of sp³-hybridized carbons (Fsp3) is 0.400. The van der Waals surface area contributed by atoms with Crippen LogP contribution < -0.4 is 4.74 Å². The first-order chi connectivity index (χ1) is 13.0. The number of amides is 2. The summed E-state index contributed by atoms with van der Waals surface area (Å²) in [7, 11) is 1.79. The molecule has 0 bridgehead atoms. The molecule has 0 radical (unpaired) electrons. The van der Waals surface area contributed by atoms with Crippen molar-refractivity contribution in [3.63, 3.8) is 0 Å². The maximum atomic E-state index is 12.6. The van der Waals surface area contributed by atoms with Crippen LogP contribution in [-0.4, -0.2) is 54.9 Å². The quantitative estimate of drug-likeness (QED) is 0.759. The zero-order chi connectivity index (χ0) is 19.2. The highest BCUT2D eigenvalue weighted by molar-refractivity contribution is 6.30.